The van der Waals surface area contributed by atoms with Crippen LogP contribution in [0.1, 0.15) is 45.4 Å². The number of rotatable bonds is 3. The maximum absolute atomic E-state index is 11.1. The van der Waals surface area contributed by atoms with E-state index in [4.69, 9.17) is 10.8 Å². The predicted octanol–water partition coefficient (Wildman–Crippen LogP) is 4.18. The molecule has 4 rings (SSSR count). The summed E-state index contributed by atoms with van der Waals surface area (Å²) in [7, 11) is 0. The molecule has 3 aromatic rings. The van der Waals surface area contributed by atoms with Crippen molar-refractivity contribution in [2.24, 2.45) is 0 Å². The van der Waals surface area contributed by atoms with Crippen LogP contribution in [-0.4, -0.2) is 20.6 Å². The van der Waals surface area contributed by atoms with E-state index in [9.17, 15) is 15.3 Å². The lowest BCUT2D eigenvalue weighted by atomic mass is 9.96. The van der Waals surface area contributed by atoms with Crippen LogP contribution < -0.4 is 5.73 Å². The SMILES string of the molecule is CC1=C(C#N)c2nc(N)c(C#N)c(C)c2/C1=C\c1cccn1-c1ccc(C(=O)O)cc1. The van der Waals surface area contributed by atoms with E-state index in [1.807, 2.05) is 35.9 Å². The number of carboxylic acids is 1. The highest BCUT2D eigenvalue weighted by atomic mass is 16.4. The van der Waals surface area contributed by atoms with Crippen LogP contribution in [0.15, 0.2) is 48.2 Å². The summed E-state index contributed by atoms with van der Waals surface area (Å²) in [6.07, 6.45) is 3.81. The lowest BCUT2D eigenvalue weighted by Crippen LogP contribution is -2.04. The molecule has 3 N–H and O–H groups in total. The van der Waals surface area contributed by atoms with Gasteiger partial charge in [0.15, 0.2) is 0 Å². The van der Waals surface area contributed by atoms with Gasteiger partial charge in [-0.1, -0.05) is 0 Å². The molecule has 0 saturated heterocycles. The number of allylic oxidation sites excluding steroid dienone is 3. The van der Waals surface area contributed by atoms with Crippen molar-refractivity contribution in [1.29, 1.82) is 10.5 Å². The molecule has 1 aliphatic rings. The Hall–Kier alpha value is -4.62. The van der Waals surface area contributed by atoms with Crippen LogP contribution in [-0.2, 0) is 0 Å². The van der Waals surface area contributed by atoms with E-state index in [0.29, 0.717) is 22.4 Å². The Bertz CT molecular complexity index is 1390. The molecule has 0 fully saturated rings. The molecule has 150 valence electrons. The van der Waals surface area contributed by atoms with E-state index >= 15 is 0 Å². The number of nitrogen functional groups attached to an aromatic ring is 1. The highest BCUT2D eigenvalue weighted by Crippen LogP contribution is 2.44. The number of pyridine rings is 1. The van der Waals surface area contributed by atoms with Gasteiger partial charge in [0.25, 0.3) is 0 Å². The van der Waals surface area contributed by atoms with Crippen molar-refractivity contribution >= 4 is 29.0 Å². The summed E-state index contributed by atoms with van der Waals surface area (Å²) in [6.45, 7) is 3.66. The first-order valence-electron chi connectivity index (χ1n) is 9.42. The second-order valence-corrected chi connectivity index (χ2v) is 7.16. The van der Waals surface area contributed by atoms with Gasteiger partial charge in [0.05, 0.1) is 22.4 Å². The minimum atomic E-state index is -0.982. The Balaban J connectivity index is 1.90. The zero-order valence-corrected chi connectivity index (χ0v) is 16.8. The van der Waals surface area contributed by atoms with Gasteiger partial charge in [0, 0.05) is 23.1 Å². The summed E-state index contributed by atoms with van der Waals surface area (Å²) in [5.74, 6) is -0.869. The molecular formula is C24H17N5O2. The van der Waals surface area contributed by atoms with Crippen molar-refractivity contribution in [1.82, 2.24) is 9.55 Å². The lowest BCUT2D eigenvalue weighted by molar-refractivity contribution is 0.0697. The Labute approximate surface area is 178 Å². The average Bonchev–Trinajstić information content (AvgIpc) is 3.31. The number of carboxylic acid groups (broad SMARTS) is 1. The van der Waals surface area contributed by atoms with E-state index in [0.717, 1.165) is 28.1 Å². The molecule has 31 heavy (non-hydrogen) atoms. The molecule has 2 aromatic heterocycles. The molecule has 0 radical (unpaired) electrons. The summed E-state index contributed by atoms with van der Waals surface area (Å²) in [5, 5.41) is 28.3. The van der Waals surface area contributed by atoms with E-state index in [1.165, 1.54) is 0 Å². The summed E-state index contributed by atoms with van der Waals surface area (Å²) in [5.41, 5.74) is 12.0. The van der Waals surface area contributed by atoms with Gasteiger partial charge < -0.3 is 15.4 Å². The van der Waals surface area contributed by atoms with Crippen molar-refractivity contribution in [2.75, 3.05) is 5.73 Å². The molecule has 0 aliphatic heterocycles. The summed E-state index contributed by atoms with van der Waals surface area (Å²) in [4.78, 5) is 15.5. The smallest absolute Gasteiger partial charge is 0.335 e. The number of fused-ring (bicyclic) bond motifs is 1. The van der Waals surface area contributed by atoms with Crippen LogP contribution in [0.25, 0.3) is 22.9 Å². The monoisotopic (exact) mass is 407 g/mol. The van der Waals surface area contributed by atoms with E-state index in [-0.39, 0.29) is 11.4 Å². The van der Waals surface area contributed by atoms with Crippen LogP contribution >= 0.6 is 0 Å². The second-order valence-electron chi connectivity index (χ2n) is 7.16. The Morgan fingerprint density at radius 3 is 2.48 bits per heavy atom. The van der Waals surface area contributed by atoms with E-state index in [1.54, 1.807) is 31.2 Å². The molecular weight excluding hydrogens is 390 g/mol. The molecule has 0 bridgehead atoms. The van der Waals surface area contributed by atoms with E-state index < -0.39 is 5.97 Å². The Morgan fingerprint density at radius 2 is 1.87 bits per heavy atom. The molecule has 0 saturated carbocycles. The van der Waals surface area contributed by atoms with Crippen molar-refractivity contribution in [2.45, 2.75) is 13.8 Å². The van der Waals surface area contributed by atoms with Gasteiger partial charge in [-0.25, -0.2) is 9.78 Å². The minimum absolute atomic E-state index is 0.113. The summed E-state index contributed by atoms with van der Waals surface area (Å²) in [6, 6.07) is 14.7. The maximum Gasteiger partial charge on any atom is 0.335 e. The minimum Gasteiger partial charge on any atom is -0.478 e. The highest BCUT2D eigenvalue weighted by molar-refractivity contribution is 6.08. The molecule has 0 amide bonds. The number of nitrogens with two attached hydrogens (primary N) is 1. The van der Waals surface area contributed by atoms with Gasteiger partial charge in [-0.3, -0.25) is 0 Å². The quantitative estimate of drug-likeness (QED) is 0.670. The number of carbonyl (C=O) groups is 1. The molecule has 7 heteroatoms. The number of nitrogens with zero attached hydrogens (tertiary/aromatic N) is 4. The number of hydrogen-bond acceptors (Lipinski definition) is 5. The van der Waals surface area contributed by atoms with Crippen molar-refractivity contribution in [3.63, 3.8) is 0 Å². The molecule has 0 spiro atoms. The number of aromatic carboxylic acids is 1. The topological polar surface area (TPSA) is 129 Å². The summed E-state index contributed by atoms with van der Waals surface area (Å²) < 4.78 is 1.92. The fourth-order valence-electron chi connectivity index (χ4n) is 3.85. The third-order valence-corrected chi connectivity index (χ3v) is 5.45. The first kappa shape index (κ1) is 19.7. The fraction of sp³-hybridized carbons (Fsp3) is 0.0833. The normalized spacial score (nSPS) is 13.7. The van der Waals surface area contributed by atoms with Crippen molar-refractivity contribution in [3.8, 4) is 17.8 Å². The predicted molar refractivity (Wildman–Crippen MR) is 117 cm³/mol. The average molecular weight is 407 g/mol. The molecule has 7 nitrogen and oxygen atoms in total. The van der Waals surface area contributed by atoms with Gasteiger partial charge in [-0.05, 0) is 73.0 Å². The fourth-order valence-corrected chi connectivity index (χ4v) is 3.85. The zero-order valence-electron chi connectivity index (χ0n) is 16.8. The number of nitriles is 2. The molecule has 0 unspecified atom stereocenters. The number of anilines is 1. The molecule has 0 atom stereocenters. The van der Waals surface area contributed by atoms with Crippen LogP contribution in [0.3, 0.4) is 0 Å². The second kappa shape index (κ2) is 7.33. The van der Waals surface area contributed by atoms with Gasteiger partial charge in [0.2, 0.25) is 0 Å². The lowest BCUT2D eigenvalue weighted by Gasteiger charge is -2.12. The molecule has 1 aromatic carbocycles. The van der Waals surface area contributed by atoms with Gasteiger partial charge in [-0.15, -0.1) is 0 Å². The number of aromatic nitrogens is 2. The van der Waals surface area contributed by atoms with Gasteiger partial charge >= 0.3 is 5.97 Å². The standard InChI is InChI=1S/C24H17N5O2/c1-13-18(21-14(2)20(12-26)23(27)28-22(21)19(13)11-25)10-17-4-3-9-29(17)16-7-5-15(6-8-16)24(30)31/h3-10H,1-2H3,(H2,27,28)(H,30,31)/b18-10-. The van der Waals surface area contributed by atoms with Crippen LogP contribution in [0.5, 0.6) is 0 Å². The highest BCUT2D eigenvalue weighted by Gasteiger charge is 2.29. The van der Waals surface area contributed by atoms with Crippen molar-refractivity contribution < 1.29 is 9.90 Å². The van der Waals surface area contributed by atoms with Gasteiger partial charge in [-0.2, -0.15) is 10.5 Å². The van der Waals surface area contributed by atoms with Crippen LogP contribution in [0.2, 0.25) is 0 Å². The molecule has 1 aliphatic carbocycles. The first-order valence-corrected chi connectivity index (χ1v) is 9.42. The first-order chi connectivity index (χ1) is 14.9. The van der Waals surface area contributed by atoms with Crippen molar-refractivity contribution in [3.05, 3.63) is 81.8 Å². The van der Waals surface area contributed by atoms with Crippen LogP contribution in [0, 0.1) is 29.6 Å². The Kier molecular flexibility index (Phi) is 4.65. The zero-order chi connectivity index (χ0) is 22.3. The van der Waals surface area contributed by atoms with E-state index in [2.05, 4.69) is 17.1 Å². The largest absolute Gasteiger partial charge is 0.478 e. The Morgan fingerprint density at radius 1 is 1.16 bits per heavy atom. The maximum atomic E-state index is 11.1. The van der Waals surface area contributed by atoms with Gasteiger partial charge in [0.1, 0.15) is 18.0 Å². The summed E-state index contributed by atoms with van der Waals surface area (Å²) >= 11 is 0. The third-order valence-electron chi connectivity index (χ3n) is 5.45. The third kappa shape index (κ3) is 3.06. The molecule has 2 heterocycles. The van der Waals surface area contributed by atoms with Crippen LogP contribution in [0.4, 0.5) is 5.82 Å². The number of hydrogen-bond donors (Lipinski definition) is 2. The number of benzene rings is 1.